The Kier molecular flexibility index (Phi) is 7.54. The summed E-state index contributed by atoms with van der Waals surface area (Å²) in [5.74, 6) is 0. The molecule has 0 fully saturated rings. The second kappa shape index (κ2) is 7.45. The van der Waals surface area contributed by atoms with E-state index in [4.69, 9.17) is 23.2 Å². The van der Waals surface area contributed by atoms with Crippen molar-refractivity contribution in [3.63, 3.8) is 0 Å². The van der Waals surface area contributed by atoms with Gasteiger partial charge < -0.3 is 0 Å². The molecule has 0 aliphatic rings. The first-order chi connectivity index (χ1) is 9.55. The molecule has 0 unspecified atom stereocenters. The quantitative estimate of drug-likeness (QED) is 0.268. The minimum Gasteiger partial charge on any atom is -0.218 e. The van der Waals surface area contributed by atoms with E-state index < -0.39 is 52.6 Å². The topological polar surface area (TPSA) is 68.3 Å². The van der Waals surface area contributed by atoms with Gasteiger partial charge in [0.05, 0.1) is 14.0 Å². The largest absolute Gasteiger partial charge is 0.498 e. The third-order valence-corrected chi connectivity index (χ3v) is 8.80. The lowest BCUT2D eigenvalue weighted by Crippen LogP contribution is -2.44. The Balaban J connectivity index is 5.56. The third-order valence-electron chi connectivity index (χ3n) is 2.25. The zero-order chi connectivity index (χ0) is 18.0. The molecule has 0 aliphatic heterocycles. The maximum atomic E-state index is 12.4. The summed E-state index contributed by atoms with van der Waals surface area (Å²) in [5.41, 5.74) is -12.3. The van der Waals surface area contributed by atoms with Gasteiger partial charge in [0.25, 0.3) is 19.7 Å². The zero-order valence-corrected chi connectivity index (χ0v) is 14.4. The monoisotopic (exact) mass is 432 g/mol. The maximum absolute atomic E-state index is 12.4. The van der Waals surface area contributed by atoms with Crippen molar-refractivity contribution >= 4 is 52.4 Å². The van der Waals surface area contributed by atoms with Crippen LogP contribution in [0.15, 0.2) is 0 Å². The van der Waals surface area contributed by atoms with Crippen LogP contribution >= 0.6 is 23.2 Å². The zero-order valence-electron chi connectivity index (χ0n) is 10.2. The van der Waals surface area contributed by atoms with Crippen molar-refractivity contribution in [3.8, 4) is 0 Å². The van der Waals surface area contributed by atoms with E-state index >= 15 is 0 Å². The van der Waals surface area contributed by atoms with Gasteiger partial charge in [0.1, 0.15) is 0 Å². The SMILES string of the molecule is O=S(=O)(C(CCC[Si]C(Cl)Cl)S(=O)(=O)C(F)(F)F)C(F)(F)F. The fourth-order valence-corrected chi connectivity index (χ4v) is 6.08. The molecule has 132 valence electrons. The highest BCUT2D eigenvalue weighted by Crippen LogP contribution is 2.38. The van der Waals surface area contributed by atoms with Gasteiger partial charge in [-0.05, 0) is 6.42 Å². The minimum atomic E-state index is -6.55. The van der Waals surface area contributed by atoms with Crippen LogP contribution in [0, 0.1) is 0 Å². The minimum absolute atomic E-state index is 0.116. The molecule has 4 nitrogen and oxygen atoms in total. The summed E-state index contributed by atoms with van der Waals surface area (Å²) in [5, 5.41) is 0. The van der Waals surface area contributed by atoms with E-state index in [-0.39, 0.29) is 15.6 Å². The third kappa shape index (κ3) is 5.42. The molecule has 0 saturated carbocycles. The Hall–Kier alpha value is 0.277. The molecule has 0 amide bonds. The summed E-state index contributed by atoms with van der Waals surface area (Å²) in [4.78, 5) is 0. The van der Waals surface area contributed by atoms with E-state index in [1.807, 2.05) is 0 Å². The number of hydrogen-bond acceptors (Lipinski definition) is 4. The van der Waals surface area contributed by atoms with Crippen molar-refractivity contribution in [2.75, 3.05) is 0 Å². The molecular weight excluding hydrogens is 425 g/mol. The normalized spacial score (nSPS) is 14.8. The van der Waals surface area contributed by atoms with Crippen molar-refractivity contribution in [1.29, 1.82) is 0 Å². The van der Waals surface area contributed by atoms with Crippen molar-refractivity contribution in [3.05, 3.63) is 0 Å². The van der Waals surface area contributed by atoms with E-state index in [0.717, 1.165) is 0 Å². The number of halogens is 8. The highest BCUT2D eigenvalue weighted by atomic mass is 35.5. The molecule has 0 aliphatic carbocycles. The second-order valence-corrected chi connectivity index (χ2v) is 11.7. The number of hydrogen-bond donors (Lipinski definition) is 0. The molecule has 0 heterocycles. The van der Waals surface area contributed by atoms with Gasteiger partial charge >= 0.3 is 11.0 Å². The van der Waals surface area contributed by atoms with Crippen LogP contribution in [0.3, 0.4) is 0 Å². The molecule has 0 atom stereocenters. The average Bonchev–Trinajstić information content (AvgIpc) is 2.24. The van der Waals surface area contributed by atoms with Gasteiger partial charge in [-0.25, -0.2) is 16.8 Å². The Labute approximate surface area is 134 Å². The van der Waals surface area contributed by atoms with Gasteiger partial charge in [-0.15, -0.1) is 23.2 Å². The highest BCUT2D eigenvalue weighted by Gasteiger charge is 2.62. The molecule has 0 aromatic carbocycles. The van der Waals surface area contributed by atoms with Crippen molar-refractivity contribution in [2.24, 2.45) is 0 Å². The maximum Gasteiger partial charge on any atom is 0.498 e. The van der Waals surface area contributed by atoms with Crippen molar-refractivity contribution in [2.45, 2.75) is 38.9 Å². The van der Waals surface area contributed by atoms with Crippen LogP contribution in [0.1, 0.15) is 12.8 Å². The lowest BCUT2D eigenvalue weighted by atomic mass is 10.4. The fraction of sp³-hybridized carbons (Fsp3) is 1.00. The second-order valence-electron chi connectivity index (χ2n) is 3.81. The van der Waals surface area contributed by atoms with Crippen LogP contribution in [0.25, 0.3) is 0 Å². The van der Waals surface area contributed by atoms with Gasteiger partial charge in [-0.3, -0.25) is 0 Å². The summed E-state index contributed by atoms with van der Waals surface area (Å²) in [6, 6.07) is -0.116. The standard InChI is InChI=1S/C7H8Cl2F6O4S2Si/c8-5(9)22-3-1-2-4(20(16,17)6(10,11)12)21(18,19)7(13,14)15/h4-5H,1-3H2. The van der Waals surface area contributed by atoms with Crippen LogP contribution in [-0.4, -0.2) is 46.4 Å². The molecule has 22 heavy (non-hydrogen) atoms. The molecule has 0 aromatic heterocycles. The molecule has 2 radical (unpaired) electrons. The lowest BCUT2D eigenvalue weighted by Gasteiger charge is -2.20. The predicted octanol–water partition coefficient (Wildman–Crippen LogP) is 2.85. The molecular formula is C7H8Cl2F6O4S2Si. The molecule has 0 spiro atoms. The smallest absolute Gasteiger partial charge is 0.218 e. The van der Waals surface area contributed by atoms with Crippen LogP contribution in [0.4, 0.5) is 26.3 Å². The molecule has 0 rings (SSSR count). The highest BCUT2D eigenvalue weighted by molar-refractivity contribution is 8.09. The summed E-state index contributed by atoms with van der Waals surface area (Å²) in [7, 11) is -13.4. The van der Waals surface area contributed by atoms with E-state index in [0.29, 0.717) is 0 Å². The van der Waals surface area contributed by atoms with Gasteiger partial charge in [0.2, 0.25) is 0 Å². The Morgan fingerprint density at radius 1 is 0.864 bits per heavy atom. The summed E-state index contributed by atoms with van der Waals surface area (Å²) < 4.78 is 114. The fourth-order valence-electron chi connectivity index (χ4n) is 1.26. The number of sulfone groups is 2. The van der Waals surface area contributed by atoms with Gasteiger partial charge in [0.15, 0.2) is 4.58 Å². The summed E-state index contributed by atoms with van der Waals surface area (Å²) >= 11 is 10.6. The first-order valence-corrected chi connectivity index (χ1v) is 10.4. The summed E-state index contributed by atoms with van der Waals surface area (Å²) in [6.07, 6.45) is -1.90. The average molecular weight is 433 g/mol. The van der Waals surface area contributed by atoms with Crippen LogP contribution in [0.2, 0.25) is 6.04 Å². The predicted molar refractivity (Wildman–Crippen MR) is 69.0 cm³/mol. The van der Waals surface area contributed by atoms with Gasteiger partial charge in [-0.2, -0.15) is 26.3 Å². The summed E-state index contributed by atoms with van der Waals surface area (Å²) in [6.45, 7) is 0. The Morgan fingerprint density at radius 2 is 1.23 bits per heavy atom. The van der Waals surface area contributed by atoms with Crippen LogP contribution in [0.5, 0.6) is 0 Å². The Morgan fingerprint density at radius 3 is 1.50 bits per heavy atom. The van der Waals surface area contributed by atoms with E-state index in [2.05, 4.69) is 0 Å². The molecule has 0 bridgehead atoms. The number of rotatable bonds is 7. The molecule has 0 N–H and O–H groups in total. The van der Waals surface area contributed by atoms with Crippen LogP contribution < -0.4 is 0 Å². The van der Waals surface area contributed by atoms with Crippen molar-refractivity contribution < 1.29 is 43.2 Å². The first-order valence-electron chi connectivity index (χ1n) is 5.17. The first kappa shape index (κ1) is 22.3. The number of alkyl halides is 8. The van der Waals surface area contributed by atoms with Crippen molar-refractivity contribution in [1.82, 2.24) is 0 Å². The molecule has 15 heteroatoms. The Bertz CT molecular complexity index is 527. The van der Waals surface area contributed by atoms with E-state index in [1.54, 1.807) is 0 Å². The van der Waals surface area contributed by atoms with E-state index in [1.165, 1.54) is 0 Å². The van der Waals surface area contributed by atoms with Gasteiger partial charge in [-0.1, -0.05) is 12.5 Å². The van der Waals surface area contributed by atoms with Crippen LogP contribution in [-0.2, 0) is 19.7 Å². The van der Waals surface area contributed by atoms with Gasteiger partial charge in [0, 0.05) is 0 Å². The van der Waals surface area contributed by atoms with E-state index in [9.17, 15) is 43.2 Å². The molecule has 0 aromatic rings. The lowest BCUT2D eigenvalue weighted by molar-refractivity contribution is -0.0472. The molecule has 0 saturated heterocycles.